The molecule has 0 saturated carbocycles. The second-order valence-corrected chi connectivity index (χ2v) is 8.65. The summed E-state index contributed by atoms with van der Waals surface area (Å²) < 4.78 is 15.6. The maximum absolute atomic E-state index is 13.3. The second-order valence-electron chi connectivity index (χ2n) is 7.44. The number of nitrogens with zero attached hydrogens (tertiary/aromatic N) is 3. The molecule has 3 aromatic rings. The maximum Gasteiger partial charge on any atom is 0.227 e. The Morgan fingerprint density at radius 3 is 2.58 bits per heavy atom. The third-order valence-electron chi connectivity index (χ3n) is 5.28. The van der Waals surface area contributed by atoms with Gasteiger partial charge in [0.15, 0.2) is 5.82 Å². The smallest absolute Gasteiger partial charge is 0.227 e. The molecule has 0 atom stereocenters. The number of aromatic nitrogens is 3. The first-order valence-electron chi connectivity index (χ1n) is 9.80. The molecule has 0 bridgehead atoms. The van der Waals surface area contributed by atoms with Gasteiger partial charge < -0.3 is 5.32 Å². The van der Waals surface area contributed by atoms with Crippen LogP contribution >= 0.6 is 35.4 Å². The van der Waals surface area contributed by atoms with Crippen molar-refractivity contribution in [1.29, 1.82) is 0 Å². The van der Waals surface area contributed by atoms with Gasteiger partial charge in [-0.05, 0) is 67.5 Å². The number of likely N-dealkylation sites (tertiary alicyclic amines) is 1. The summed E-state index contributed by atoms with van der Waals surface area (Å²) in [5.41, 5.74) is 1.41. The minimum atomic E-state index is -0.510. The fraction of sp³-hybridized carbons (Fsp3) is 0.286. The van der Waals surface area contributed by atoms with Crippen LogP contribution in [0, 0.1) is 16.5 Å². The Kier molecular flexibility index (Phi) is 6.71. The second kappa shape index (κ2) is 9.48. The van der Waals surface area contributed by atoms with Crippen LogP contribution in [-0.2, 0) is 11.5 Å². The monoisotopic (exact) mass is 479 g/mol. The number of halogens is 3. The summed E-state index contributed by atoms with van der Waals surface area (Å²) in [7, 11) is 0. The summed E-state index contributed by atoms with van der Waals surface area (Å²) in [6.07, 6.45) is 1.43. The standard InChI is InChI=1S/C21H20Cl2FN5OS/c22-15-3-1-13(2-4-15)19-26-21(31)29(27-19)12-28-9-7-14(8-10-28)20(30)25-16-5-6-18(24)17(23)11-16/h1-6,11,14H,7-10,12H2,(H,25,30)(H,26,27,31). The lowest BCUT2D eigenvalue weighted by atomic mass is 9.96. The molecule has 31 heavy (non-hydrogen) atoms. The van der Waals surface area contributed by atoms with Gasteiger partial charge in [-0.2, -0.15) is 4.98 Å². The fourth-order valence-corrected chi connectivity index (χ4v) is 4.05. The molecule has 162 valence electrons. The Balaban J connectivity index is 1.33. The zero-order chi connectivity index (χ0) is 22.0. The molecule has 2 N–H and O–H groups in total. The molecule has 0 spiro atoms. The zero-order valence-corrected chi connectivity index (χ0v) is 18.8. The molecule has 1 aliphatic rings. The van der Waals surface area contributed by atoms with E-state index in [9.17, 15) is 9.18 Å². The number of H-pyrrole nitrogens is 1. The van der Waals surface area contributed by atoms with Crippen molar-refractivity contribution in [2.45, 2.75) is 19.5 Å². The SMILES string of the molecule is O=C(Nc1ccc(F)c(Cl)c1)C1CCN(Cn2[nH]c(-c3ccc(Cl)cc3)nc2=S)CC1. The highest BCUT2D eigenvalue weighted by Gasteiger charge is 2.25. The highest BCUT2D eigenvalue weighted by molar-refractivity contribution is 7.71. The van der Waals surface area contributed by atoms with Gasteiger partial charge in [-0.15, -0.1) is 0 Å². The molecule has 2 heterocycles. The van der Waals surface area contributed by atoms with Gasteiger partial charge in [0.1, 0.15) is 5.82 Å². The van der Waals surface area contributed by atoms with Crippen LogP contribution in [0.25, 0.3) is 11.4 Å². The molecule has 2 aromatic carbocycles. The van der Waals surface area contributed by atoms with Crippen molar-refractivity contribution >= 4 is 47.0 Å². The number of hydrogen-bond acceptors (Lipinski definition) is 4. The molecule has 0 aliphatic carbocycles. The van der Waals surface area contributed by atoms with Gasteiger partial charge in [-0.25, -0.2) is 9.07 Å². The highest BCUT2D eigenvalue weighted by atomic mass is 35.5. The van der Waals surface area contributed by atoms with Gasteiger partial charge in [0.25, 0.3) is 0 Å². The van der Waals surface area contributed by atoms with Crippen LogP contribution in [0.15, 0.2) is 42.5 Å². The van der Waals surface area contributed by atoms with Crippen molar-refractivity contribution in [3.63, 3.8) is 0 Å². The molecule has 1 fully saturated rings. The first-order chi connectivity index (χ1) is 14.9. The van der Waals surface area contributed by atoms with Crippen LogP contribution in [0.1, 0.15) is 12.8 Å². The topological polar surface area (TPSA) is 66.0 Å². The van der Waals surface area contributed by atoms with Crippen LogP contribution < -0.4 is 5.32 Å². The van der Waals surface area contributed by atoms with E-state index < -0.39 is 5.82 Å². The highest BCUT2D eigenvalue weighted by Crippen LogP contribution is 2.23. The molecule has 4 rings (SSSR count). The fourth-order valence-electron chi connectivity index (χ4n) is 3.54. The minimum absolute atomic E-state index is 0.0121. The number of carbonyl (C=O) groups is 1. The Morgan fingerprint density at radius 2 is 1.90 bits per heavy atom. The average Bonchev–Trinajstić information content (AvgIpc) is 3.12. The number of benzene rings is 2. The number of amides is 1. The number of hydrogen-bond donors (Lipinski definition) is 2. The third-order valence-corrected chi connectivity index (χ3v) is 6.14. The van der Waals surface area contributed by atoms with Crippen LogP contribution in [0.4, 0.5) is 10.1 Å². The molecule has 6 nitrogen and oxygen atoms in total. The third kappa shape index (κ3) is 5.33. The predicted octanol–water partition coefficient (Wildman–Crippen LogP) is 5.36. The number of anilines is 1. The van der Waals surface area contributed by atoms with E-state index in [0.717, 1.165) is 18.7 Å². The number of nitrogens with one attached hydrogen (secondary N) is 2. The van der Waals surface area contributed by atoms with Crippen molar-refractivity contribution in [1.82, 2.24) is 19.7 Å². The lowest BCUT2D eigenvalue weighted by Gasteiger charge is -2.31. The summed E-state index contributed by atoms with van der Waals surface area (Å²) in [6.45, 7) is 2.07. The van der Waals surface area contributed by atoms with Gasteiger partial charge in [-0.1, -0.05) is 23.2 Å². The predicted molar refractivity (Wildman–Crippen MR) is 122 cm³/mol. The van der Waals surface area contributed by atoms with Gasteiger partial charge in [-0.3, -0.25) is 14.8 Å². The Morgan fingerprint density at radius 1 is 1.19 bits per heavy atom. The first-order valence-corrected chi connectivity index (χ1v) is 11.0. The van der Waals surface area contributed by atoms with E-state index >= 15 is 0 Å². The normalized spacial score (nSPS) is 15.2. The summed E-state index contributed by atoms with van der Waals surface area (Å²) in [5.74, 6) is -0.0107. The molecule has 10 heteroatoms. The maximum atomic E-state index is 13.3. The van der Waals surface area contributed by atoms with Crippen LogP contribution in [0.3, 0.4) is 0 Å². The Labute approximate surface area is 194 Å². The van der Waals surface area contributed by atoms with Crippen molar-refractivity contribution in [2.24, 2.45) is 5.92 Å². The van der Waals surface area contributed by atoms with Gasteiger partial charge in [0, 0.05) is 35.3 Å². The molecular formula is C21H20Cl2FN5OS. The lowest BCUT2D eigenvalue weighted by molar-refractivity contribution is -0.121. The Bertz CT molecular complexity index is 1140. The molecule has 0 radical (unpaired) electrons. The summed E-state index contributed by atoms with van der Waals surface area (Å²) in [5, 5.41) is 6.71. The quantitative estimate of drug-likeness (QED) is 0.483. The van der Waals surface area contributed by atoms with Crippen LogP contribution in [0.5, 0.6) is 0 Å². The molecular weight excluding hydrogens is 460 g/mol. The summed E-state index contributed by atoms with van der Waals surface area (Å²) in [4.78, 5) is 19.2. The molecule has 0 unspecified atom stereocenters. The van der Waals surface area contributed by atoms with E-state index in [0.29, 0.717) is 40.8 Å². The summed E-state index contributed by atoms with van der Waals surface area (Å²) >= 11 is 17.1. The molecule has 1 amide bonds. The van der Waals surface area contributed by atoms with E-state index in [4.69, 9.17) is 35.4 Å². The minimum Gasteiger partial charge on any atom is -0.326 e. The average molecular weight is 480 g/mol. The molecule has 1 aliphatic heterocycles. The van der Waals surface area contributed by atoms with E-state index in [-0.39, 0.29) is 16.8 Å². The summed E-state index contributed by atoms with van der Waals surface area (Å²) in [6, 6.07) is 11.6. The molecule has 1 saturated heterocycles. The van der Waals surface area contributed by atoms with E-state index in [1.54, 1.807) is 0 Å². The Hall–Kier alpha value is -2.26. The van der Waals surface area contributed by atoms with Gasteiger partial charge >= 0.3 is 0 Å². The van der Waals surface area contributed by atoms with Gasteiger partial charge in [0.2, 0.25) is 10.7 Å². The van der Waals surface area contributed by atoms with E-state index in [1.165, 1.54) is 18.2 Å². The van der Waals surface area contributed by atoms with Gasteiger partial charge in [0.05, 0.1) is 11.7 Å². The van der Waals surface area contributed by atoms with Crippen molar-refractivity contribution in [2.75, 3.05) is 18.4 Å². The largest absolute Gasteiger partial charge is 0.326 e. The van der Waals surface area contributed by atoms with Crippen LogP contribution in [0.2, 0.25) is 10.0 Å². The number of piperidine rings is 1. The molecule has 1 aromatic heterocycles. The number of carbonyl (C=O) groups excluding carboxylic acids is 1. The zero-order valence-electron chi connectivity index (χ0n) is 16.4. The van der Waals surface area contributed by atoms with Crippen molar-refractivity contribution in [3.05, 3.63) is 63.1 Å². The van der Waals surface area contributed by atoms with E-state index in [2.05, 4.69) is 20.3 Å². The number of aromatic amines is 1. The van der Waals surface area contributed by atoms with Crippen LogP contribution in [-0.4, -0.2) is 38.7 Å². The van der Waals surface area contributed by atoms with Crippen molar-refractivity contribution in [3.8, 4) is 11.4 Å². The lowest BCUT2D eigenvalue weighted by Crippen LogP contribution is -2.39. The van der Waals surface area contributed by atoms with E-state index in [1.807, 2.05) is 28.9 Å². The van der Waals surface area contributed by atoms with Crippen molar-refractivity contribution < 1.29 is 9.18 Å². The number of rotatable bonds is 5. The first kappa shape index (κ1) is 22.0.